The summed E-state index contributed by atoms with van der Waals surface area (Å²) in [5.41, 5.74) is 0.442. The van der Waals surface area contributed by atoms with Crippen molar-refractivity contribution in [2.45, 2.75) is 81.3 Å². The second-order valence-corrected chi connectivity index (χ2v) is 10.5. The van der Waals surface area contributed by atoms with Crippen LogP contribution in [0, 0.1) is 5.92 Å². The van der Waals surface area contributed by atoms with Crippen LogP contribution < -0.4 is 4.74 Å². The fraction of sp³-hybridized carbons (Fsp3) is 0.536. The zero-order valence-corrected chi connectivity index (χ0v) is 22.2. The van der Waals surface area contributed by atoms with Crippen LogP contribution in [0.1, 0.15) is 35.7 Å². The van der Waals surface area contributed by atoms with Gasteiger partial charge in [0.15, 0.2) is 12.1 Å². The molecule has 1 aliphatic heterocycles. The highest BCUT2D eigenvalue weighted by atomic mass is 16.7. The molecular weight excluding hydrogens is 544 g/mol. The van der Waals surface area contributed by atoms with Gasteiger partial charge in [-0.05, 0) is 37.5 Å². The number of phenols is 3. The Morgan fingerprint density at radius 3 is 2.15 bits per heavy atom. The lowest BCUT2D eigenvalue weighted by Gasteiger charge is -2.45. The predicted octanol–water partition coefficient (Wildman–Crippen LogP) is -0.687. The van der Waals surface area contributed by atoms with E-state index in [2.05, 4.69) is 0 Å². The van der Waals surface area contributed by atoms with E-state index >= 15 is 0 Å². The monoisotopic (exact) mass is 580 g/mol. The van der Waals surface area contributed by atoms with Crippen LogP contribution in [0.4, 0.5) is 0 Å². The van der Waals surface area contributed by atoms with E-state index in [0.717, 1.165) is 17.7 Å². The summed E-state index contributed by atoms with van der Waals surface area (Å²) in [6, 6.07) is 8.43. The van der Waals surface area contributed by atoms with Gasteiger partial charge in [0.2, 0.25) is 0 Å². The largest absolute Gasteiger partial charge is 0.508 e. The van der Waals surface area contributed by atoms with Crippen molar-refractivity contribution in [3.8, 4) is 23.0 Å². The highest BCUT2D eigenvalue weighted by Crippen LogP contribution is 2.38. The van der Waals surface area contributed by atoms with Gasteiger partial charge >= 0.3 is 0 Å². The van der Waals surface area contributed by atoms with E-state index in [0.29, 0.717) is 6.42 Å². The Bertz CT molecular complexity index is 1170. The van der Waals surface area contributed by atoms with Crippen LogP contribution in [-0.4, -0.2) is 113 Å². The van der Waals surface area contributed by atoms with Crippen LogP contribution in [0.15, 0.2) is 36.4 Å². The number of benzene rings is 2. The van der Waals surface area contributed by atoms with Gasteiger partial charge in [0, 0.05) is 31.1 Å². The first-order chi connectivity index (χ1) is 19.4. The van der Waals surface area contributed by atoms with Gasteiger partial charge in [-0.15, -0.1) is 0 Å². The number of hydrogen-bond donors (Lipinski definition) is 9. The third-order valence-corrected chi connectivity index (χ3v) is 7.62. The van der Waals surface area contributed by atoms with Crippen molar-refractivity contribution in [3.05, 3.63) is 47.5 Å². The summed E-state index contributed by atoms with van der Waals surface area (Å²) in [7, 11) is 0. The first-order valence-electron chi connectivity index (χ1n) is 13.3. The van der Waals surface area contributed by atoms with E-state index < -0.39 is 84.9 Å². The van der Waals surface area contributed by atoms with Crippen LogP contribution in [-0.2, 0) is 15.9 Å². The lowest BCUT2D eigenvalue weighted by Crippen LogP contribution is -2.62. The Labute approximate surface area is 235 Å². The number of aromatic hydroxyl groups is 3. The molecule has 13 heteroatoms. The van der Waals surface area contributed by atoms with Crippen LogP contribution >= 0.6 is 0 Å². The minimum Gasteiger partial charge on any atom is -0.508 e. The van der Waals surface area contributed by atoms with Crippen molar-refractivity contribution in [3.63, 3.8) is 0 Å². The molecule has 9 N–H and O–H groups in total. The van der Waals surface area contributed by atoms with Gasteiger partial charge in [-0.3, -0.25) is 4.79 Å². The van der Waals surface area contributed by atoms with Crippen LogP contribution in [0.2, 0.25) is 0 Å². The maximum atomic E-state index is 12.8. The van der Waals surface area contributed by atoms with Gasteiger partial charge in [0.05, 0.1) is 12.2 Å². The molecule has 0 bridgehead atoms. The molecule has 226 valence electrons. The fourth-order valence-electron chi connectivity index (χ4n) is 5.17. The Kier molecular flexibility index (Phi) is 9.72. The molecule has 0 spiro atoms. The zero-order chi connectivity index (χ0) is 30.0. The Balaban J connectivity index is 1.52. The maximum absolute atomic E-state index is 12.8. The van der Waals surface area contributed by atoms with Gasteiger partial charge in [0.1, 0.15) is 65.2 Å². The normalized spacial score (nSPS) is 33.8. The topological polar surface area (TPSA) is 227 Å². The number of rotatable bonds is 9. The molecule has 1 saturated carbocycles. The molecule has 41 heavy (non-hydrogen) atoms. The summed E-state index contributed by atoms with van der Waals surface area (Å²) in [6.45, 7) is 0.928. The van der Waals surface area contributed by atoms with E-state index in [9.17, 15) is 50.8 Å². The third kappa shape index (κ3) is 6.74. The van der Waals surface area contributed by atoms with Gasteiger partial charge in [-0.25, -0.2) is 0 Å². The van der Waals surface area contributed by atoms with E-state index in [4.69, 9.17) is 14.2 Å². The summed E-state index contributed by atoms with van der Waals surface area (Å²) in [5.74, 6) is -2.57. The molecule has 1 aliphatic carbocycles. The first kappa shape index (κ1) is 30.9. The molecule has 1 saturated heterocycles. The number of ketones is 1. The number of phenolic OH excluding ortho intramolecular Hbond substituents is 3. The molecule has 0 unspecified atom stereocenters. The molecule has 2 aromatic rings. The third-order valence-electron chi connectivity index (χ3n) is 7.62. The molecule has 4 rings (SSSR count). The standard InChI is InChI=1S/C28H36O13/c1-12-22(34)24(36)26(38)28(39-12)41-27-20(8-14(11-29)23(35)25(27)37)40-16-9-18(32)21(19(33)10-16)17(31)7-4-13-2-5-15(30)6-3-13/h2-3,5-6,9-10,12,14,20,22-30,32-38H,4,7-8,11H2,1H3/t12-,14-,20-,22-,23-,24+,25+,26+,27+,28-/m0/s1. The minimum absolute atomic E-state index is 0.0460. The summed E-state index contributed by atoms with van der Waals surface area (Å²) in [6.07, 6.45) is -12.6. The number of aliphatic hydroxyl groups excluding tert-OH is 6. The number of hydrogen-bond acceptors (Lipinski definition) is 13. The van der Waals surface area contributed by atoms with E-state index in [1.165, 1.54) is 19.1 Å². The van der Waals surface area contributed by atoms with Crippen molar-refractivity contribution in [1.29, 1.82) is 0 Å². The average Bonchev–Trinajstić information content (AvgIpc) is 2.93. The van der Waals surface area contributed by atoms with Crippen LogP contribution in [0.5, 0.6) is 23.0 Å². The number of carbonyl (C=O) groups is 1. The smallest absolute Gasteiger partial charge is 0.187 e. The molecule has 0 amide bonds. The molecular formula is C28H36O13. The number of ether oxygens (including phenoxy) is 3. The minimum atomic E-state index is -1.71. The number of aryl methyl sites for hydroxylation is 1. The maximum Gasteiger partial charge on any atom is 0.187 e. The molecule has 0 radical (unpaired) electrons. The SMILES string of the molecule is C[C@@H]1O[C@@H](O[C@H]2[C@H](O)[C@@H](O)[C@H](CO)C[C@@H]2Oc2cc(O)c(C(=O)CCc3ccc(O)cc3)c(O)c2)[C@H](O)[C@H](O)[C@H]1O. The molecule has 1 heterocycles. The fourth-order valence-corrected chi connectivity index (χ4v) is 5.17. The summed E-state index contributed by atoms with van der Waals surface area (Å²) in [4.78, 5) is 12.8. The molecule has 2 fully saturated rings. The molecule has 0 aromatic heterocycles. The van der Waals surface area contributed by atoms with Gasteiger partial charge in [0.25, 0.3) is 0 Å². The molecule has 2 aromatic carbocycles. The lowest BCUT2D eigenvalue weighted by molar-refractivity contribution is -0.325. The van der Waals surface area contributed by atoms with Crippen LogP contribution in [0.3, 0.4) is 0 Å². The van der Waals surface area contributed by atoms with Crippen molar-refractivity contribution in [2.24, 2.45) is 5.92 Å². The number of Topliss-reactive ketones (excluding diaryl/α,β-unsaturated/α-hetero) is 1. The summed E-state index contributed by atoms with van der Waals surface area (Å²) >= 11 is 0. The Morgan fingerprint density at radius 2 is 1.54 bits per heavy atom. The van der Waals surface area contributed by atoms with E-state index in [1.54, 1.807) is 12.1 Å². The second kappa shape index (κ2) is 12.9. The predicted molar refractivity (Wildman–Crippen MR) is 139 cm³/mol. The second-order valence-electron chi connectivity index (χ2n) is 10.5. The molecule has 10 atom stereocenters. The molecule has 13 nitrogen and oxygen atoms in total. The summed E-state index contributed by atoms with van der Waals surface area (Å²) in [5, 5.41) is 92.0. The number of carbonyl (C=O) groups excluding carboxylic acids is 1. The quantitative estimate of drug-likeness (QED) is 0.168. The first-order valence-corrected chi connectivity index (χ1v) is 13.3. The average molecular weight is 581 g/mol. The Morgan fingerprint density at radius 1 is 0.902 bits per heavy atom. The van der Waals surface area contributed by atoms with Crippen molar-refractivity contribution in [1.82, 2.24) is 0 Å². The van der Waals surface area contributed by atoms with Crippen molar-refractivity contribution in [2.75, 3.05) is 6.61 Å². The van der Waals surface area contributed by atoms with Crippen molar-refractivity contribution < 1.29 is 65.0 Å². The van der Waals surface area contributed by atoms with E-state index in [-0.39, 0.29) is 29.9 Å². The van der Waals surface area contributed by atoms with E-state index in [1.807, 2.05) is 0 Å². The van der Waals surface area contributed by atoms with Gasteiger partial charge in [-0.2, -0.15) is 0 Å². The lowest BCUT2D eigenvalue weighted by atomic mass is 9.81. The molecule has 2 aliphatic rings. The van der Waals surface area contributed by atoms with Crippen molar-refractivity contribution >= 4 is 5.78 Å². The number of aliphatic hydroxyl groups is 6. The van der Waals surface area contributed by atoms with Gasteiger partial charge in [-0.1, -0.05) is 12.1 Å². The van der Waals surface area contributed by atoms with Gasteiger partial charge < -0.3 is 60.2 Å². The highest BCUT2D eigenvalue weighted by Gasteiger charge is 2.50. The summed E-state index contributed by atoms with van der Waals surface area (Å²) < 4.78 is 17.1. The Hall–Kier alpha value is -3.01. The highest BCUT2D eigenvalue weighted by molar-refractivity contribution is 6.01. The van der Waals surface area contributed by atoms with Crippen LogP contribution in [0.25, 0.3) is 0 Å². The zero-order valence-electron chi connectivity index (χ0n) is 22.2.